The number of carboxylic acid groups (broad SMARTS) is 1. The number of thiophene rings is 1. The molecule has 0 spiro atoms. The van der Waals surface area contributed by atoms with E-state index < -0.39 is 12.0 Å². The van der Waals surface area contributed by atoms with Gasteiger partial charge in [0.25, 0.3) is 0 Å². The first kappa shape index (κ1) is 11.0. The Morgan fingerprint density at radius 3 is 2.85 bits per heavy atom. The van der Waals surface area contributed by atoms with Gasteiger partial charge in [-0.15, -0.1) is 11.3 Å². The Kier molecular flexibility index (Phi) is 3.73. The summed E-state index contributed by atoms with van der Waals surface area (Å²) in [5.41, 5.74) is 5.36. The lowest BCUT2D eigenvalue weighted by atomic mass is 10.2. The lowest BCUT2D eigenvalue weighted by Gasteiger charge is -2.02. The molecule has 1 aromatic rings. The van der Waals surface area contributed by atoms with Gasteiger partial charge in [-0.25, -0.2) is 0 Å². The quantitative estimate of drug-likeness (QED) is 0.893. The summed E-state index contributed by atoms with van der Waals surface area (Å²) in [5.74, 6) is -0.999. The molecular weight excluding hydrogens is 278 g/mol. The number of rotatable bonds is 3. The summed E-state index contributed by atoms with van der Waals surface area (Å²) < 4.78 is 1.40. The molecule has 0 amide bonds. The maximum absolute atomic E-state index is 10.4. The molecule has 0 aromatic carbocycles. The van der Waals surface area contributed by atoms with Crippen LogP contribution in [-0.2, 0) is 11.2 Å². The van der Waals surface area contributed by atoms with Gasteiger partial charge in [0.05, 0.1) is 0 Å². The van der Waals surface area contributed by atoms with Gasteiger partial charge in [-0.3, -0.25) is 4.79 Å². The minimum absolute atomic E-state index is 0.311. The van der Waals surface area contributed by atoms with Crippen LogP contribution in [0.25, 0.3) is 0 Å². The highest BCUT2D eigenvalue weighted by Crippen LogP contribution is 2.32. The van der Waals surface area contributed by atoms with E-state index in [1.807, 2.05) is 0 Å². The Balaban J connectivity index is 2.69. The fourth-order valence-electron chi connectivity index (χ4n) is 0.796. The first-order valence-corrected chi connectivity index (χ1v) is 5.41. The topological polar surface area (TPSA) is 63.3 Å². The van der Waals surface area contributed by atoms with Gasteiger partial charge in [-0.05, 0) is 22.0 Å². The molecule has 72 valence electrons. The van der Waals surface area contributed by atoms with Gasteiger partial charge in [-0.1, -0.05) is 11.6 Å². The third-order valence-corrected chi connectivity index (χ3v) is 3.93. The van der Waals surface area contributed by atoms with Crippen LogP contribution in [0.2, 0.25) is 4.34 Å². The Labute approximate surface area is 92.6 Å². The second-order valence-corrected chi connectivity index (χ2v) is 5.08. The van der Waals surface area contributed by atoms with E-state index in [1.54, 1.807) is 6.07 Å². The maximum Gasteiger partial charge on any atom is 0.320 e. The van der Waals surface area contributed by atoms with Crippen LogP contribution < -0.4 is 5.73 Å². The third-order valence-electron chi connectivity index (χ3n) is 1.43. The molecule has 1 aromatic heterocycles. The van der Waals surface area contributed by atoms with Crippen LogP contribution in [0.1, 0.15) is 4.88 Å². The van der Waals surface area contributed by atoms with Crippen molar-refractivity contribution in [3.8, 4) is 0 Å². The van der Waals surface area contributed by atoms with Gasteiger partial charge in [0.2, 0.25) is 0 Å². The minimum Gasteiger partial charge on any atom is -0.480 e. The number of hydrogen-bond acceptors (Lipinski definition) is 3. The highest BCUT2D eigenvalue weighted by molar-refractivity contribution is 9.10. The standard InChI is InChI=1S/C7H7BrClNO2S/c8-4-1-3(13-6(4)9)2-5(10)7(11)12/h1,5H,2,10H2,(H,11,12). The van der Waals surface area contributed by atoms with Crippen LogP contribution in [-0.4, -0.2) is 17.1 Å². The van der Waals surface area contributed by atoms with Crippen molar-refractivity contribution in [3.63, 3.8) is 0 Å². The monoisotopic (exact) mass is 283 g/mol. The van der Waals surface area contributed by atoms with Crippen LogP contribution in [0.4, 0.5) is 0 Å². The summed E-state index contributed by atoms with van der Waals surface area (Å²) in [5, 5.41) is 8.55. The number of halogens is 2. The Morgan fingerprint density at radius 2 is 2.46 bits per heavy atom. The zero-order chi connectivity index (χ0) is 10.0. The molecule has 1 unspecified atom stereocenters. The molecule has 0 saturated carbocycles. The summed E-state index contributed by atoms with van der Waals surface area (Å²) >= 11 is 10.3. The van der Waals surface area contributed by atoms with Crippen LogP contribution in [0.15, 0.2) is 10.5 Å². The van der Waals surface area contributed by atoms with Crippen molar-refractivity contribution in [3.05, 3.63) is 19.8 Å². The molecule has 0 aliphatic heterocycles. The van der Waals surface area contributed by atoms with E-state index in [1.165, 1.54) is 11.3 Å². The molecule has 0 aliphatic carbocycles. The van der Waals surface area contributed by atoms with E-state index >= 15 is 0 Å². The highest BCUT2D eigenvalue weighted by Gasteiger charge is 2.14. The van der Waals surface area contributed by atoms with Crippen LogP contribution in [0, 0.1) is 0 Å². The molecule has 0 aliphatic rings. The average molecular weight is 285 g/mol. The van der Waals surface area contributed by atoms with Crippen LogP contribution in [0.3, 0.4) is 0 Å². The smallest absolute Gasteiger partial charge is 0.320 e. The number of carboxylic acids is 1. The molecule has 1 heterocycles. The van der Waals surface area contributed by atoms with E-state index in [2.05, 4.69) is 15.9 Å². The zero-order valence-electron chi connectivity index (χ0n) is 6.46. The molecule has 0 fully saturated rings. The Hall–Kier alpha value is -0.100. The summed E-state index contributed by atoms with van der Waals surface area (Å²) in [6, 6.07) is 0.928. The summed E-state index contributed by atoms with van der Waals surface area (Å²) in [7, 11) is 0. The predicted molar refractivity (Wildman–Crippen MR) is 56.3 cm³/mol. The Bertz CT molecular complexity index is 309. The highest BCUT2D eigenvalue weighted by atomic mass is 79.9. The van der Waals surface area contributed by atoms with E-state index in [0.29, 0.717) is 10.8 Å². The largest absolute Gasteiger partial charge is 0.480 e. The molecular formula is C7H7BrClNO2S. The van der Waals surface area contributed by atoms with E-state index in [4.69, 9.17) is 22.4 Å². The molecule has 3 nitrogen and oxygen atoms in total. The molecule has 3 N–H and O–H groups in total. The van der Waals surface area contributed by atoms with E-state index in [9.17, 15) is 4.79 Å². The summed E-state index contributed by atoms with van der Waals surface area (Å²) in [6.07, 6.45) is 0.311. The molecule has 1 rings (SSSR count). The third kappa shape index (κ3) is 2.95. The average Bonchev–Trinajstić information content (AvgIpc) is 2.31. The van der Waals surface area contributed by atoms with E-state index in [0.717, 1.165) is 9.35 Å². The number of nitrogens with two attached hydrogens (primary N) is 1. The second kappa shape index (κ2) is 4.41. The van der Waals surface area contributed by atoms with Crippen LogP contribution in [0.5, 0.6) is 0 Å². The molecule has 1 atom stereocenters. The van der Waals surface area contributed by atoms with Gasteiger partial charge in [-0.2, -0.15) is 0 Å². The molecule has 6 heteroatoms. The summed E-state index contributed by atoms with van der Waals surface area (Å²) in [6.45, 7) is 0. The SMILES string of the molecule is NC(Cc1cc(Br)c(Cl)s1)C(=O)O. The fraction of sp³-hybridized carbons (Fsp3) is 0.286. The van der Waals surface area contributed by atoms with Gasteiger partial charge < -0.3 is 10.8 Å². The normalized spacial score (nSPS) is 12.8. The predicted octanol–water partition coefficient (Wildman–Crippen LogP) is 2.12. The molecule has 0 radical (unpaired) electrons. The first-order chi connectivity index (χ1) is 6.00. The zero-order valence-corrected chi connectivity index (χ0v) is 9.62. The molecule has 0 saturated heterocycles. The summed E-state index contributed by atoms with van der Waals surface area (Å²) in [4.78, 5) is 11.3. The minimum atomic E-state index is -0.999. The van der Waals surface area contributed by atoms with Crippen molar-refractivity contribution in [1.29, 1.82) is 0 Å². The van der Waals surface area contributed by atoms with Gasteiger partial charge in [0.15, 0.2) is 0 Å². The van der Waals surface area contributed by atoms with Crippen molar-refractivity contribution >= 4 is 44.8 Å². The van der Waals surface area contributed by atoms with Crippen molar-refractivity contribution in [1.82, 2.24) is 0 Å². The van der Waals surface area contributed by atoms with Crippen molar-refractivity contribution in [2.24, 2.45) is 5.73 Å². The lowest BCUT2D eigenvalue weighted by Crippen LogP contribution is -2.31. The lowest BCUT2D eigenvalue weighted by molar-refractivity contribution is -0.138. The first-order valence-electron chi connectivity index (χ1n) is 3.43. The van der Waals surface area contributed by atoms with Gasteiger partial charge in [0, 0.05) is 15.8 Å². The van der Waals surface area contributed by atoms with Gasteiger partial charge in [0.1, 0.15) is 10.4 Å². The number of aliphatic carboxylic acids is 1. The molecule has 13 heavy (non-hydrogen) atoms. The Morgan fingerprint density at radius 1 is 1.85 bits per heavy atom. The van der Waals surface area contributed by atoms with Gasteiger partial charge >= 0.3 is 5.97 Å². The molecule has 0 bridgehead atoms. The fourth-order valence-corrected chi connectivity index (χ4v) is 2.64. The van der Waals surface area contributed by atoms with Crippen molar-refractivity contribution < 1.29 is 9.90 Å². The van der Waals surface area contributed by atoms with Crippen molar-refractivity contribution in [2.45, 2.75) is 12.5 Å². The number of hydrogen-bond donors (Lipinski definition) is 2. The second-order valence-electron chi connectivity index (χ2n) is 2.48. The number of carbonyl (C=O) groups is 1. The van der Waals surface area contributed by atoms with Crippen molar-refractivity contribution in [2.75, 3.05) is 0 Å². The van der Waals surface area contributed by atoms with Crippen LogP contribution >= 0.6 is 38.9 Å². The van der Waals surface area contributed by atoms with E-state index in [-0.39, 0.29) is 0 Å². The maximum atomic E-state index is 10.4.